The Labute approximate surface area is 193 Å². The van der Waals surface area contributed by atoms with Crippen LogP contribution in [-0.2, 0) is 27.3 Å². The van der Waals surface area contributed by atoms with Gasteiger partial charge >= 0.3 is 25.6 Å². The third kappa shape index (κ3) is 27.2. The maximum Gasteiger partial charge on any atom is 3.00 e. The summed E-state index contributed by atoms with van der Waals surface area (Å²) in [5.74, 6) is 0. The van der Waals surface area contributed by atoms with Gasteiger partial charge in [-0.05, 0) is 37.0 Å². The van der Waals surface area contributed by atoms with E-state index < -0.39 is 30.4 Å². The Morgan fingerprint density at radius 3 is 1.17 bits per heavy atom. The van der Waals surface area contributed by atoms with Crippen LogP contribution in [0.3, 0.4) is 0 Å². The Morgan fingerprint density at radius 1 is 0.800 bits per heavy atom. The van der Waals surface area contributed by atoms with Crippen molar-refractivity contribution < 1.29 is 42.0 Å². The van der Waals surface area contributed by atoms with E-state index in [-0.39, 0.29) is 23.6 Å². The minimum atomic E-state index is -2.90. The van der Waals surface area contributed by atoms with Crippen molar-refractivity contribution in [2.45, 2.75) is 54.2 Å². The van der Waals surface area contributed by atoms with Crippen LogP contribution in [0.4, 0.5) is 0 Å². The molecule has 1 heterocycles. The van der Waals surface area contributed by atoms with Gasteiger partial charge in [-0.25, -0.2) is 0 Å². The fourth-order valence-corrected chi connectivity index (χ4v) is 3.21. The van der Waals surface area contributed by atoms with E-state index in [1.807, 2.05) is 0 Å². The molecule has 2 atom stereocenters. The molecule has 1 saturated heterocycles. The Balaban J connectivity index is -0.000000149. The van der Waals surface area contributed by atoms with Crippen LogP contribution in [0.5, 0.6) is 0 Å². The number of hydrogen-bond donors (Lipinski definition) is 1. The molecular weight excluding hydrogens is 489 g/mol. The van der Waals surface area contributed by atoms with Crippen LogP contribution in [0.1, 0.15) is 48.0 Å². The van der Waals surface area contributed by atoms with Crippen molar-refractivity contribution in [3.63, 3.8) is 0 Å². The van der Waals surface area contributed by atoms with Gasteiger partial charge < -0.3 is 38.6 Å². The first-order chi connectivity index (χ1) is 13.2. The first-order valence-corrected chi connectivity index (χ1v) is 16.8. The molecule has 0 aliphatic carbocycles. The van der Waals surface area contributed by atoms with Gasteiger partial charge in [-0.15, -0.1) is 0 Å². The zero-order chi connectivity index (χ0) is 23.7. The van der Waals surface area contributed by atoms with E-state index in [4.69, 9.17) is 5.73 Å². The van der Waals surface area contributed by atoms with Crippen molar-refractivity contribution >= 4 is 47.7 Å². The molecule has 0 aromatic rings. The zero-order valence-electron chi connectivity index (χ0n) is 18.9. The molecule has 0 aromatic heterocycles. The van der Waals surface area contributed by atoms with E-state index in [1.54, 1.807) is 41.5 Å². The van der Waals surface area contributed by atoms with Crippen molar-refractivity contribution in [1.29, 1.82) is 0 Å². The summed E-state index contributed by atoms with van der Waals surface area (Å²) in [6.07, 6.45) is 2.03. The SMILES string of the molecule is CCP(=O)([O-])CC.CCP(=O)([O-])CC.CCP(=O)([O-])CC.NC1CCO[PH](=O)O1.[Al+3]. The fraction of sp³-hybridized carbons (Fsp3) is 1.00. The van der Waals surface area contributed by atoms with Gasteiger partial charge in [-0.1, -0.05) is 41.5 Å². The Hall–Kier alpha value is 1.21. The van der Waals surface area contributed by atoms with Crippen molar-refractivity contribution in [3.05, 3.63) is 0 Å². The molecule has 180 valence electrons. The van der Waals surface area contributed by atoms with Crippen LogP contribution in [0.25, 0.3) is 0 Å². The fourth-order valence-electron chi connectivity index (χ4n) is 1.15. The minimum Gasteiger partial charge on any atom is -0.799 e. The Morgan fingerprint density at radius 2 is 1.07 bits per heavy atom. The van der Waals surface area contributed by atoms with Crippen LogP contribution in [0, 0.1) is 0 Å². The molecule has 15 heteroatoms. The van der Waals surface area contributed by atoms with Gasteiger partial charge in [0.1, 0.15) is 6.23 Å². The number of rotatable bonds is 6. The summed E-state index contributed by atoms with van der Waals surface area (Å²) in [6.45, 7) is 10.4. The Kier molecular flexibility index (Phi) is 26.7. The van der Waals surface area contributed by atoms with Crippen LogP contribution in [0.15, 0.2) is 0 Å². The Bertz CT molecular complexity index is 499. The monoisotopic (exact) mass is 527 g/mol. The van der Waals surface area contributed by atoms with Crippen LogP contribution < -0.4 is 20.4 Å². The van der Waals surface area contributed by atoms with Gasteiger partial charge in [0, 0.05) is 28.5 Å². The molecule has 1 fully saturated rings. The summed E-state index contributed by atoms with van der Waals surface area (Å²) in [6, 6.07) is 0. The van der Waals surface area contributed by atoms with Gasteiger partial charge in [0.25, 0.3) is 0 Å². The molecule has 1 aliphatic rings. The second kappa shape index (κ2) is 20.8. The summed E-state index contributed by atoms with van der Waals surface area (Å²) in [5, 5.41) is 0. The zero-order valence-corrected chi connectivity index (χ0v) is 23.7. The third-order valence-electron chi connectivity index (χ3n) is 3.76. The summed E-state index contributed by atoms with van der Waals surface area (Å²) >= 11 is 0. The molecule has 2 N–H and O–H groups in total. The first-order valence-electron chi connectivity index (χ1n) is 9.61. The molecule has 0 spiro atoms. The molecule has 1 rings (SSSR count). The average molecular weight is 527 g/mol. The second-order valence-corrected chi connectivity index (χ2v) is 15.6. The molecule has 2 unspecified atom stereocenters. The third-order valence-corrected chi connectivity index (χ3v) is 10.5. The van der Waals surface area contributed by atoms with Gasteiger partial charge in [0.15, 0.2) is 0 Å². The second-order valence-electron chi connectivity index (χ2n) is 5.88. The summed E-state index contributed by atoms with van der Waals surface area (Å²) in [7, 11) is -10.9. The van der Waals surface area contributed by atoms with E-state index >= 15 is 0 Å². The van der Waals surface area contributed by atoms with E-state index in [0.29, 0.717) is 50.0 Å². The van der Waals surface area contributed by atoms with Crippen molar-refractivity contribution in [2.24, 2.45) is 5.73 Å². The van der Waals surface area contributed by atoms with Crippen LogP contribution in [-0.4, -0.2) is 67.2 Å². The van der Waals surface area contributed by atoms with Crippen molar-refractivity contribution in [3.8, 4) is 0 Å². The largest absolute Gasteiger partial charge is 3.00 e. The predicted octanol–water partition coefficient (Wildman–Crippen LogP) is 1.71. The topological polar surface area (TPSA) is 182 Å². The maximum atomic E-state index is 10.4. The van der Waals surface area contributed by atoms with E-state index in [9.17, 15) is 32.9 Å². The smallest absolute Gasteiger partial charge is 0.799 e. The minimum absolute atomic E-state index is 0. The molecular formula is C15H38AlNO9P4. The van der Waals surface area contributed by atoms with Crippen molar-refractivity contribution in [1.82, 2.24) is 0 Å². The average Bonchev–Trinajstić information content (AvgIpc) is 2.69. The number of nitrogens with two attached hydrogens (primary N) is 1. The quantitative estimate of drug-likeness (QED) is 0.394. The van der Waals surface area contributed by atoms with E-state index in [2.05, 4.69) is 9.05 Å². The molecule has 0 aromatic carbocycles. The predicted molar refractivity (Wildman–Crippen MR) is 120 cm³/mol. The molecule has 0 saturated carbocycles. The standard InChI is InChI=1S/3C4H11O2P.C3H8NO3P.Al/c3*1-3-7(5,6)4-2;4-3-1-2-6-8(5)7-3;/h3*3-4H2,1-2H3,(H,5,6);3,8H,1-2,4H2;/q;;;;+3/p-3. The molecule has 0 bridgehead atoms. The van der Waals surface area contributed by atoms with Crippen molar-refractivity contribution in [2.75, 3.05) is 43.6 Å². The summed E-state index contributed by atoms with van der Waals surface area (Å²) < 4.78 is 50.7. The number of hydrogen-bond acceptors (Lipinski definition) is 10. The van der Waals surface area contributed by atoms with Gasteiger partial charge in [0.05, 0.1) is 6.61 Å². The molecule has 30 heavy (non-hydrogen) atoms. The maximum absolute atomic E-state index is 10.4. The van der Waals surface area contributed by atoms with Gasteiger partial charge in [-0.3, -0.25) is 9.09 Å². The molecule has 0 amide bonds. The van der Waals surface area contributed by atoms with E-state index in [1.165, 1.54) is 0 Å². The summed E-state index contributed by atoms with van der Waals surface area (Å²) in [5.41, 5.74) is 5.25. The van der Waals surface area contributed by atoms with Crippen LogP contribution >= 0.6 is 30.4 Å². The van der Waals surface area contributed by atoms with Crippen LogP contribution in [0.2, 0.25) is 0 Å². The molecule has 0 radical (unpaired) electrons. The molecule has 10 nitrogen and oxygen atoms in total. The van der Waals surface area contributed by atoms with Gasteiger partial charge in [-0.2, -0.15) is 0 Å². The van der Waals surface area contributed by atoms with Gasteiger partial charge in [0.2, 0.25) is 0 Å². The normalized spacial score (nSPS) is 18.9. The first kappa shape index (κ1) is 38.5. The molecule has 1 aliphatic heterocycles. The summed E-state index contributed by atoms with van der Waals surface area (Å²) in [4.78, 5) is 31.2. The van der Waals surface area contributed by atoms with E-state index in [0.717, 1.165) is 0 Å².